The SMILES string of the molecule is CC(=O)N1CC(=O)N(C(C)N2CCCCC2NCc2ccc3c(c2)OCCO3)c2ccccc21.Cl. The Morgan fingerprint density at radius 2 is 1.83 bits per heavy atom. The van der Waals surface area contributed by atoms with Crippen LogP contribution in [-0.4, -0.2) is 55.3 Å². The van der Waals surface area contributed by atoms with Crippen molar-refractivity contribution in [3.63, 3.8) is 0 Å². The van der Waals surface area contributed by atoms with Crippen LogP contribution in [0.2, 0.25) is 0 Å². The molecule has 188 valence electrons. The van der Waals surface area contributed by atoms with Gasteiger partial charge in [0.15, 0.2) is 11.5 Å². The van der Waals surface area contributed by atoms with Crippen LogP contribution in [0, 0.1) is 0 Å². The molecular weight excluding hydrogens is 468 g/mol. The molecule has 1 saturated heterocycles. The number of para-hydroxylation sites is 2. The monoisotopic (exact) mass is 500 g/mol. The molecule has 2 aromatic rings. The van der Waals surface area contributed by atoms with Crippen molar-refractivity contribution in [3.05, 3.63) is 48.0 Å². The third-order valence-corrected chi connectivity index (χ3v) is 6.92. The number of halogens is 1. The first-order valence-electron chi connectivity index (χ1n) is 12.1. The quantitative estimate of drug-likeness (QED) is 0.677. The molecular formula is C26H33ClN4O4. The molecule has 8 nitrogen and oxygen atoms in total. The Bertz CT molecular complexity index is 1080. The van der Waals surface area contributed by atoms with Gasteiger partial charge in [-0.15, -0.1) is 12.4 Å². The molecule has 2 aromatic carbocycles. The van der Waals surface area contributed by atoms with Crippen molar-refractivity contribution in [1.82, 2.24) is 10.2 Å². The summed E-state index contributed by atoms with van der Waals surface area (Å²) in [7, 11) is 0. The number of amides is 2. The number of nitrogens with one attached hydrogen (secondary N) is 1. The number of hydrogen-bond acceptors (Lipinski definition) is 6. The van der Waals surface area contributed by atoms with E-state index in [1.165, 1.54) is 6.92 Å². The highest BCUT2D eigenvalue weighted by Gasteiger charge is 2.38. The molecule has 2 amide bonds. The lowest BCUT2D eigenvalue weighted by atomic mass is 10.0. The Morgan fingerprint density at radius 3 is 2.60 bits per heavy atom. The van der Waals surface area contributed by atoms with E-state index in [4.69, 9.17) is 9.47 Å². The second-order valence-corrected chi connectivity index (χ2v) is 9.10. The van der Waals surface area contributed by atoms with Crippen LogP contribution in [0.4, 0.5) is 11.4 Å². The van der Waals surface area contributed by atoms with Crippen LogP contribution in [-0.2, 0) is 16.1 Å². The highest BCUT2D eigenvalue weighted by molar-refractivity contribution is 6.10. The van der Waals surface area contributed by atoms with Crippen molar-refractivity contribution in [3.8, 4) is 11.5 Å². The Labute approximate surface area is 212 Å². The van der Waals surface area contributed by atoms with E-state index < -0.39 is 0 Å². The molecule has 0 radical (unpaired) electrons. The number of benzene rings is 2. The van der Waals surface area contributed by atoms with Gasteiger partial charge >= 0.3 is 0 Å². The van der Waals surface area contributed by atoms with Crippen molar-refractivity contribution in [2.24, 2.45) is 0 Å². The maximum Gasteiger partial charge on any atom is 0.248 e. The number of hydrogen-bond donors (Lipinski definition) is 1. The van der Waals surface area contributed by atoms with Gasteiger partial charge in [-0.2, -0.15) is 0 Å². The van der Waals surface area contributed by atoms with Gasteiger partial charge in [-0.1, -0.05) is 18.2 Å². The normalized spacial score (nSPS) is 20.6. The molecule has 1 N–H and O–H groups in total. The molecule has 0 aromatic heterocycles. The predicted molar refractivity (Wildman–Crippen MR) is 137 cm³/mol. The first kappa shape index (κ1) is 25.3. The second kappa shape index (κ2) is 10.8. The maximum absolute atomic E-state index is 13.2. The van der Waals surface area contributed by atoms with E-state index in [1.807, 2.05) is 41.3 Å². The van der Waals surface area contributed by atoms with E-state index >= 15 is 0 Å². The molecule has 2 atom stereocenters. The highest BCUT2D eigenvalue weighted by atomic mass is 35.5. The molecule has 0 spiro atoms. The van der Waals surface area contributed by atoms with Crippen LogP contribution in [0.3, 0.4) is 0 Å². The number of nitrogens with zero attached hydrogens (tertiary/aromatic N) is 3. The van der Waals surface area contributed by atoms with Crippen molar-refractivity contribution in [2.75, 3.05) is 36.1 Å². The highest BCUT2D eigenvalue weighted by Crippen LogP contribution is 2.36. The molecule has 3 aliphatic heterocycles. The van der Waals surface area contributed by atoms with Gasteiger partial charge in [0.2, 0.25) is 11.8 Å². The number of fused-ring (bicyclic) bond motifs is 2. The Balaban J connectivity index is 0.00000289. The Hall–Kier alpha value is -2.81. The van der Waals surface area contributed by atoms with Gasteiger partial charge in [-0.05, 0) is 56.0 Å². The smallest absolute Gasteiger partial charge is 0.248 e. The third-order valence-electron chi connectivity index (χ3n) is 6.92. The Kier molecular flexibility index (Phi) is 7.84. The van der Waals surface area contributed by atoms with Crippen LogP contribution in [0.1, 0.15) is 38.7 Å². The van der Waals surface area contributed by atoms with Crippen LogP contribution in [0.5, 0.6) is 11.5 Å². The lowest BCUT2D eigenvalue weighted by Gasteiger charge is -2.47. The molecule has 3 aliphatic rings. The van der Waals surface area contributed by atoms with Crippen LogP contribution in [0.15, 0.2) is 42.5 Å². The molecule has 0 aliphatic carbocycles. The molecule has 5 rings (SSSR count). The van der Waals surface area contributed by atoms with Crippen molar-refractivity contribution >= 4 is 35.6 Å². The zero-order valence-electron chi connectivity index (χ0n) is 20.2. The van der Waals surface area contributed by atoms with Gasteiger partial charge in [0.05, 0.1) is 23.7 Å². The summed E-state index contributed by atoms with van der Waals surface area (Å²) in [6.45, 7) is 6.43. The number of carbonyl (C=O) groups excluding carboxylic acids is 2. The summed E-state index contributed by atoms with van der Waals surface area (Å²) in [4.78, 5) is 31.2. The summed E-state index contributed by atoms with van der Waals surface area (Å²) in [6.07, 6.45) is 3.25. The average molecular weight is 501 g/mol. The van der Waals surface area contributed by atoms with Gasteiger partial charge in [-0.25, -0.2) is 0 Å². The van der Waals surface area contributed by atoms with Crippen molar-refractivity contribution in [2.45, 2.75) is 52.0 Å². The predicted octanol–water partition coefficient (Wildman–Crippen LogP) is 3.53. The summed E-state index contributed by atoms with van der Waals surface area (Å²) >= 11 is 0. The lowest BCUT2D eigenvalue weighted by molar-refractivity contribution is -0.123. The average Bonchev–Trinajstić information content (AvgIpc) is 2.86. The van der Waals surface area contributed by atoms with Gasteiger partial charge in [0, 0.05) is 20.0 Å². The van der Waals surface area contributed by atoms with Gasteiger partial charge in [-0.3, -0.25) is 24.7 Å². The maximum atomic E-state index is 13.2. The molecule has 0 bridgehead atoms. The summed E-state index contributed by atoms with van der Waals surface area (Å²) in [5.41, 5.74) is 2.72. The molecule has 0 saturated carbocycles. The topological polar surface area (TPSA) is 74.4 Å². The van der Waals surface area contributed by atoms with Gasteiger partial charge in [0.25, 0.3) is 0 Å². The summed E-state index contributed by atoms with van der Waals surface area (Å²) in [5.74, 6) is 1.41. The number of rotatable bonds is 5. The van der Waals surface area contributed by atoms with E-state index in [-0.39, 0.29) is 43.1 Å². The van der Waals surface area contributed by atoms with E-state index in [1.54, 1.807) is 4.90 Å². The zero-order valence-corrected chi connectivity index (χ0v) is 21.1. The van der Waals surface area contributed by atoms with E-state index in [9.17, 15) is 9.59 Å². The van der Waals surface area contributed by atoms with Crippen LogP contribution < -0.4 is 24.6 Å². The van der Waals surface area contributed by atoms with Gasteiger partial charge in [0.1, 0.15) is 19.8 Å². The molecule has 1 fully saturated rings. The minimum atomic E-state index is -0.138. The van der Waals surface area contributed by atoms with Crippen molar-refractivity contribution < 1.29 is 19.1 Å². The Morgan fingerprint density at radius 1 is 1.09 bits per heavy atom. The van der Waals surface area contributed by atoms with E-state index in [2.05, 4.69) is 23.2 Å². The fourth-order valence-corrected chi connectivity index (χ4v) is 5.22. The van der Waals surface area contributed by atoms with Crippen LogP contribution >= 0.6 is 12.4 Å². The fraction of sp³-hybridized carbons (Fsp3) is 0.462. The zero-order chi connectivity index (χ0) is 23.7. The number of carbonyl (C=O) groups is 2. The lowest BCUT2D eigenvalue weighted by Crippen LogP contribution is -2.61. The first-order chi connectivity index (χ1) is 16.5. The largest absolute Gasteiger partial charge is 0.486 e. The molecule has 9 heteroatoms. The molecule has 35 heavy (non-hydrogen) atoms. The third kappa shape index (κ3) is 5.10. The number of anilines is 2. The summed E-state index contributed by atoms with van der Waals surface area (Å²) in [6, 6.07) is 13.7. The minimum absolute atomic E-state index is 0. The minimum Gasteiger partial charge on any atom is -0.486 e. The summed E-state index contributed by atoms with van der Waals surface area (Å²) in [5, 5.41) is 3.71. The van der Waals surface area contributed by atoms with Gasteiger partial charge < -0.3 is 14.4 Å². The standard InChI is InChI=1S/C26H32N4O4.ClH/c1-18(30-22-8-4-3-7-21(22)29(19(2)31)17-26(30)32)28-12-6-5-9-25(28)27-16-20-10-11-23-24(15-20)34-14-13-33-23;/h3-4,7-8,10-11,15,18,25,27H,5-6,9,12-14,16-17H2,1-2H3;1H. The van der Waals surface area contributed by atoms with Crippen molar-refractivity contribution in [1.29, 1.82) is 0 Å². The fourth-order valence-electron chi connectivity index (χ4n) is 5.22. The second-order valence-electron chi connectivity index (χ2n) is 9.10. The number of likely N-dealkylation sites (tertiary alicyclic amines) is 1. The molecule has 2 unspecified atom stereocenters. The summed E-state index contributed by atoms with van der Waals surface area (Å²) < 4.78 is 11.4. The number of piperidine rings is 1. The molecule has 3 heterocycles. The first-order valence-corrected chi connectivity index (χ1v) is 12.1. The van der Waals surface area contributed by atoms with Crippen LogP contribution in [0.25, 0.3) is 0 Å². The van der Waals surface area contributed by atoms with E-state index in [0.717, 1.165) is 54.2 Å². The number of ether oxygens (including phenoxy) is 2. The van der Waals surface area contributed by atoms with E-state index in [0.29, 0.717) is 19.8 Å².